The third-order valence-electron chi connectivity index (χ3n) is 2.14. The van der Waals surface area contributed by atoms with E-state index in [4.69, 9.17) is 4.74 Å². The van der Waals surface area contributed by atoms with Gasteiger partial charge in [0.15, 0.2) is 0 Å². The number of hydrogen-bond acceptors (Lipinski definition) is 2. The zero-order valence-electron chi connectivity index (χ0n) is 10.8. The zero-order chi connectivity index (χ0) is 13.2. The van der Waals surface area contributed by atoms with E-state index in [1.807, 2.05) is 46.8 Å². The van der Waals surface area contributed by atoms with E-state index in [9.17, 15) is 4.79 Å². The molecule has 0 saturated carbocycles. The van der Waals surface area contributed by atoms with Crippen molar-refractivity contribution in [2.75, 3.05) is 5.32 Å². The Morgan fingerprint density at radius 2 is 1.82 bits per heavy atom. The molecule has 0 fully saturated rings. The molecule has 17 heavy (non-hydrogen) atoms. The van der Waals surface area contributed by atoms with Gasteiger partial charge in [0.05, 0.1) is 0 Å². The zero-order valence-corrected chi connectivity index (χ0v) is 12.4. The van der Waals surface area contributed by atoms with Gasteiger partial charge in [-0.25, -0.2) is 4.79 Å². The highest BCUT2D eigenvalue weighted by Gasteiger charge is 2.17. The summed E-state index contributed by atoms with van der Waals surface area (Å²) in [6.45, 7) is 9.47. The smallest absolute Gasteiger partial charge is 0.412 e. The van der Waals surface area contributed by atoms with Crippen LogP contribution in [0.5, 0.6) is 0 Å². The van der Waals surface area contributed by atoms with Gasteiger partial charge in [-0.2, -0.15) is 0 Å². The Hall–Kier alpha value is -1.03. The molecule has 3 nitrogen and oxygen atoms in total. The molecule has 0 unspecified atom stereocenters. The third kappa shape index (κ3) is 4.38. The van der Waals surface area contributed by atoms with Gasteiger partial charge in [-0.15, -0.1) is 0 Å². The number of amides is 1. The summed E-state index contributed by atoms with van der Waals surface area (Å²) in [6, 6.07) is 3.89. The lowest BCUT2D eigenvalue weighted by Gasteiger charge is -2.20. The molecule has 0 bridgehead atoms. The first-order valence-electron chi connectivity index (χ1n) is 5.46. The maximum Gasteiger partial charge on any atom is 0.412 e. The average Bonchev–Trinajstić information content (AvgIpc) is 2.11. The Bertz CT molecular complexity index is 436. The summed E-state index contributed by atoms with van der Waals surface area (Å²) < 4.78 is 6.17. The van der Waals surface area contributed by atoms with E-state index in [0.717, 1.165) is 21.3 Å². The fourth-order valence-corrected chi connectivity index (χ4v) is 1.72. The predicted molar refractivity (Wildman–Crippen MR) is 73.5 cm³/mol. The van der Waals surface area contributed by atoms with Gasteiger partial charge in [0.2, 0.25) is 0 Å². The van der Waals surface area contributed by atoms with E-state index in [1.165, 1.54) is 0 Å². The molecule has 0 aromatic heterocycles. The van der Waals surface area contributed by atoms with Gasteiger partial charge in [-0.3, -0.25) is 5.32 Å². The molecule has 0 aliphatic carbocycles. The molecule has 0 radical (unpaired) electrons. The number of benzene rings is 1. The van der Waals surface area contributed by atoms with Crippen molar-refractivity contribution in [2.45, 2.75) is 40.2 Å². The number of anilines is 1. The van der Waals surface area contributed by atoms with Gasteiger partial charge >= 0.3 is 6.09 Å². The Morgan fingerprint density at radius 3 is 2.35 bits per heavy atom. The largest absolute Gasteiger partial charge is 0.444 e. The van der Waals surface area contributed by atoms with E-state index in [0.29, 0.717) is 0 Å². The van der Waals surface area contributed by atoms with Crippen molar-refractivity contribution < 1.29 is 9.53 Å². The molecule has 0 heterocycles. The molecule has 0 atom stereocenters. The number of hydrogen-bond donors (Lipinski definition) is 1. The molecular formula is C13H18BrNO2. The SMILES string of the molecule is Cc1cc(C)c(NC(=O)OC(C)(C)C)cc1Br. The molecule has 1 aromatic rings. The molecule has 1 rings (SSSR count). The Balaban J connectivity index is 2.82. The molecule has 0 saturated heterocycles. The van der Waals surface area contributed by atoms with Crippen molar-refractivity contribution in [2.24, 2.45) is 0 Å². The summed E-state index contributed by atoms with van der Waals surface area (Å²) in [5.74, 6) is 0. The summed E-state index contributed by atoms with van der Waals surface area (Å²) in [6.07, 6.45) is -0.434. The molecular weight excluding hydrogens is 282 g/mol. The highest BCUT2D eigenvalue weighted by Crippen LogP contribution is 2.25. The van der Waals surface area contributed by atoms with Crippen LogP contribution in [0.3, 0.4) is 0 Å². The van der Waals surface area contributed by atoms with Crippen LogP contribution < -0.4 is 5.32 Å². The first-order valence-corrected chi connectivity index (χ1v) is 6.25. The summed E-state index contributed by atoms with van der Waals surface area (Å²) >= 11 is 3.44. The predicted octanol–water partition coefficient (Wildman–Crippen LogP) is 4.41. The molecule has 1 aromatic carbocycles. The fourth-order valence-electron chi connectivity index (χ4n) is 1.37. The van der Waals surface area contributed by atoms with E-state index in [2.05, 4.69) is 21.2 Å². The minimum absolute atomic E-state index is 0.434. The minimum Gasteiger partial charge on any atom is -0.444 e. The van der Waals surface area contributed by atoms with Crippen LogP contribution in [0.15, 0.2) is 16.6 Å². The topological polar surface area (TPSA) is 38.3 Å². The lowest BCUT2D eigenvalue weighted by molar-refractivity contribution is 0.0636. The number of nitrogens with one attached hydrogen (secondary N) is 1. The number of carbonyl (C=O) groups is 1. The molecule has 1 amide bonds. The second kappa shape index (κ2) is 5.08. The summed E-state index contributed by atoms with van der Waals surface area (Å²) in [5, 5.41) is 2.74. The van der Waals surface area contributed by atoms with Crippen molar-refractivity contribution in [3.63, 3.8) is 0 Å². The fraction of sp³-hybridized carbons (Fsp3) is 0.462. The first kappa shape index (κ1) is 14.0. The molecule has 94 valence electrons. The van der Waals surface area contributed by atoms with Gasteiger partial charge in [0.25, 0.3) is 0 Å². The van der Waals surface area contributed by atoms with Crippen LogP contribution in [0.1, 0.15) is 31.9 Å². The summed E-state index contributed by atoms with van der Waals surface area (Å²) in [7, 11) is 0. The molecule has 1 N–H and O–H groups in total. The van der Waals surface area contributed by atoms with Gasteiger partial charge in [-0.05, 0) is 51.8 Å². The van der Waals surface area contributed by atoms with Crippen LogP contribution in [0, 0.1) is 13.8 Å². The van der Waals surface area contributed by atoms with Crippen LogP contribution in [0.2, 0.25) is 0 Å². The molecule has 4 heteroatoms. The van der Waals surface area contributed by atoms with Crippen LogP contribution in [0.4, 0.5) is 10.5 Å². The number of aryl methyl sites for hydroxylation is 2. The molecule has 0 aliphatic rings. The van der Waals surface area contributed by atoms with Crippen LogP contribution >= 0.6 is 15.9 Å². The van der Waals surface area contributed by atoms with Crippen LogP contribution in [0.25, 0.3) is 0 Å². The lowest BCUT2D eigenvalue weighted by Crippen LogP contribution is -2.27. The van der Waals surface area contributed by atoms with Gasteiger partial charge in [0.1, 0.15) is 5.60 Å². The quantitative estimate of drug-likeness (QED) is 0.834. The lowest BCUT2D eigenvalue weighted by atomic mass is 10.1. The highest BCUT2D eigenvalue weighted by atomic mass is 79.9. The minimum atomic E-state index is -0.486. The summed E-state index contributed by atoms with van der Waals surface area (Å²) in [5.41, 5.74) is 2.42. The molecule has 0 aliphatic heterocycles. The van der Waals surface area contributed by atoms with E-state index >= 15 is 0 Å². The standard InChI is InChI=1S/C13H18BrNO2/c1-8-6-9(2)11(7-10(8)14)15-12(16)17-13(3,4)5/h6-7H,1-5H3,(H,15,16). The number of ether oxygens (including phenoxy) is 1. The Morgan fingerprint density at radius 1 is 1.24 bits per heavy atom. The number of halogens is 1. The average molecular weight is 300 g/mol. The van der Waals surface area contributed by atoms with Crippen molar-refractivity contribution in [1.29, 1.82) is 0 Å². The highest BCUT2D eigenvalue weighted by molar-refractivity contribution is 9.10. The molecule has 0 spiro atoms. The number of rotatable bonds is 1. The van der Waals surface area contributed by atoms with E-state index in [-0.39, 0.29) is 0 Å². The monoisotopic (exact) mass is 299 g/mol. The second-order valence-corrected chi connectivity index (χ2v) is 5.90. The van der Waals surface area contributed by atoms with Crippen molar-refractivity contribution >= 4 is 27.7 Å². The summed E-state index contributed by atoms with van der Waals surface area (Å²) in [4.78, 5) is 11.6. The Labute approximate surface area is 111 Å². The van der Waals surface area contributed by atoms with Crippen molar-refractivity contribution in [1.82, 2.24) is 0 Å². The maximum atomic E-state index is 11.6. The van der Waals surface area contributed by atoms with Crippen LogP contribution in [-0.2, 0) is 4.74 Å². The second-order valence-electron chi connectivity index (χ2n) is 5.04. The van der Waals surface area contributed by atoms with Gasteiger partial charge < -0.3 is 4.74 Å². The van der Waals surface area contributed by atoms with Crippen molar-refractivity contribution in [3.05, 3.63) is 27.7 Å². The normalized spacial score (nSPS) is 11.2. The van der Waals surface area contributed by atoms with Crippen molar-refractivity contribution in [3.8, 4) is 0 Å². The third-order valence-corrected chi connectivity index (χ3v) is 3.00. The Kier molecular flexibility index (Phi) is 4.20. The van der Waals surface area contributed by atoms with Gasteiger partial charge in [0, 0.05) is 10.2 Å². The maximum absolute atomic E-state index is 11.6. The first-order chi connectivity index (χ1) is 7.69. The van der Waals surface area contributed by atoms with E-state index < -0.39 is 11.7 Å². The van der Waals surface area contributed by atoms with E-state index in [1.54, 1.807) is 0 Å². The van der Waals surface area contributed by atoms with Gasteiger partial charge in [-0.1, -0.05) is 22.0 Å². The van der Waals surface area contributed by atoms with Crippen LogP contribution in [-0.4, -0.2) is 11.7 Å². The number of carbonyl (C=O) groups excluding carboxylic acids is 1.